The summed E-state index contributed by atoms with van der Waals surface area (Å²) in [5, 5.41) is 26.4. The van der Waals surface area contributed by atoms with Crippen LogP contribution >= 0.6 is 11.8 Å². The van der Waals surface area contributed by atoms with Crippen LogP contribution in [-0.4, -0.2) is 70.1 Å². The standard InChI is InChI=1S/C23H36N4O6S/c1-5-13(2)19(22(31)26-18(23(32)33)10-11-34-4)27-20(29)14(3)25-21(30)17(24)12-15-6-8-16(28)9-7-15/h6-9,13-14,17-19,28H,5,10-12,24H2,1-4H3,(H,25,30)(H,26,31)(H,27,29)(H,32,33). The van der Waals surface area contributed by atoms with Crippen LogP contribution in [0.15, 0.2) is 24.3 Å². The largest absolute Gasteiger partial charge is 0.508 e. The minimum absolute atomic E-state index is 0.103. The Morgan fingerprint density at radius 3 is 2.15 bits per heavy atom. The van der Waals surface area contributed by atoms with Gasteiger partial charge in [-0.25, -0.2) is 4.79 Å². The fourth-order valence-corrected chi connectivity index (χ4v) is 3.57. The maximum Gasteiger partial charge on any atom is 0.326 e. The predicted octanol–water partition coefficient (Wildman–Crippen LogP) is 0.620. The van der Waals surface area contributed by atoms with Gasteiger partial charge in [0.2, 0.25) is 17.7 Å². The first kappa shape index (κ1) is 29.2. The highest BCUT2D eigenvalue weighted by Crippen LogP contribution is 2.12. The first-order valence-corrected chi connectivity index (χ1v) is 12.6. The molecule has 0 saturated heterocycles. The number of thioether (sulfide) groups is 1. The van der Waals surface area contributed by atoms with E-state index in [0.29, 0.717) is 12.2 Å². The summed E-state index contributed by atoms with van der Waals surface area (Å²) in [7, 11) is 0. The number of carboxylic acid groups (broad SMARTS) is 1. The maximum absolute atomic E-state index is 12.8. The highest BCUT2D eigenvalue weighted by Gasteiger charge is 2.31. The van der Waals surface area contributed by atoms with E-state index in [4.69, 9.17) is 5.73 Å². The minimum atomic E-state index is -1.14. The Balaban J connectivity index is 2.75. The second-order valence-electron chi connectivity index (χ2n) is 8.26. The number of carbonyl (C=O) groups is 4. The number of hydrogen-bond acceptors (Lipinski definition) is 7. The Kier molecular flexibility index (Phi) is 12.4. The third-order valence-corrected chi connectivity index (χ3v) is 6.14. The van der Waals surface area contributed by atoms with Crippen LogP contribution < -0.4 is 21.7 Å². The Hall–Kier alpha value is -2.79. The smallest absolute Gasteiger partial charge is 0.326 e. The van der Waals surface area contributed by atoms with Crippen LogP contribution in [0.4, 0.5) is 0 Å². The van der Waals surface area contributed by atoms with Crippen LogP contribution in [0.5, 0.6) is 5.75 Å². The van der Waals surface area contributed by atoms with Crippen molar-refractivity contribution in [1.29, 1.82) is 0 Å². The molecule has 1 aromatic carbocycles. The van der Waals surface area contributed by atoms with E-state index in [1.807, 2.05) is 13.2 Å². The van der Waals surface area contributed by atoms with E-state index in [1.165, 1.54) is 30.8 Å². The number of benzene rings is 1. The van der Waals surface area contributed by atoms with Gasteiger partial charge in [-0.3, -0.25) is 14.4 Å². The highest BCUT2D eigenvalue weighted by molar-refractivity contribution is 7.98. The number of carbonyl (C=O) groups excluding carboxylic acids is 3. The number of phenolic OH excluding ortho intramolecular Hbond substituents is 1. The lowest BCUT2D eigenvalue weighted by Gasteiger charge is -2.27. The minimum Gasteiger partial charge on any atom is -0.508 e. The van der Waals surface area contributed by atoms with Crippen LogP contribution in [0.25, 0.3) is 0 Å². The number of aromatic hydroxyl groups is 1. The Morgan fingerprint density at radius 2 is 1.62 bits per heavy atom. The van der Waals surface area contributed by atoms with Gasteiger partial charge >= 0.3 is 5.97 Å². The van der Waals surface area contributed by atoms with Crippen molar-refractivity contribution >= 4 is 35.5 Å². The zero-order valence-corrected chi connectivity index (χ0v) is 20.9. The van der Waals surface area contributed by atoms with Gasteiger partial charge in [0.15, 0.2) is 0 Å². The molecule has 0 saturated carbocycles. The monoisotopic (exact) mass is 496 g/mol. The summed E-state index contributed by atoms with van der Waals surface area (Å²) in [6.45, 7) is 5.11. The zero-order chi connectivity index (χ0) is 25.8. The van der Waals surface area contributed by atoms with E-state index in [1.54, 1.807) is 19.1 Å². The lowest BCUT2D eigenvalue weighted by molar-refractivity contribution is -0.142. The molecule has 0 aromatic heterocycles. The molecule has 0 heterocycles. The Morgan fingerprint density at radius 1 is 1.00 bits per heavy atom. The lowest BCUT2D eigenvalue weighted by atomic mass is 9.97. The van der Waals surface area contributed by atoms with E-state index < -0.39 is 47.9 Å². The van der Waals surface area contributed by atoms with E-state index in [9.17, 15) is 29.4 Å². The third kappa shape index (κ3) is 9.60. The number of hydrogen-bond donors (Lipinski definition) is 6. The van der Waals surface area contributed by atoms with Crippen molar-refractivity contribution in [2.24, 2.45) is 11.7 Å². The van der Waals surface area contributed by atoms with Crippen LogP contribution in [0.1, 0.15) is 39.2 Å². The first-order chi connectivity index (χ1) is 16.0. The van der Waals surface area contributed by atoms with Crippen molar-refractivity contribution < 1.29 is 29.4 Å². The SMILES string of the molecule is CCC(C)C(NC(=O)C(C)NC(=O)C(N)Cc1ccc(O)cc1)C(=O)NC(CCSC)C(=O)O. The van der Waals surface area contributed by atoms with Crippen molar-refractivity contribution in [3.8, 4) is 5.75 Å². The molecule has 5 atom stereocenters. The summed E-state index contributed by atoms with van der Waals surface area (Å²) in [5.74, 6) is -2.45. The number of amides is 3. The average molecular weight is 497 g/mol. The van der Waals surface area contributed by atoms with Crippen LogP contribution in [0.2, 0.25) is 0 Å². The van der Waals surface area contributed by atoms with E-state index in [2.05, 4.69) is 16.0 Å². The van der Waals surface area contributed by atoms with Crippen molar-refractivity contribution in [2.45, 2.75) is 64.2 Å². The molecule has 1 aromatic rings. The van der Waals surface area contributed by atoms with Crippen molar-refractivity contribution in [3.63, 3.8) is 0 Å². The first-order valence-electron chi connectivity index (χ1n) is 11.2. The molecular formula is C23H36N4O6S. The van der Waals surface area contributed by atoms with Crippen molar-refractivity contribution in [2.75, 3.05) is 12.0 Å². The molecule has 7 N–H and O–H groups in total. The molecule has 10 nitrogen and oxygen atoms in total. The quantitative estimate of drug-likeness (QED) is 0.218. The number of carboxylic acids is 1. The molecule has 0 aliphatic rings. The summed E-state index contributed by atoms with van der Waals surface area (Å²) < 4.78 is 0. The van der Waals surface area contributed by atoms with E-state index >= 15 is 0 Å². The molecule has 0 aliphatic carbocycles. The molecule has 0 radical (unpaired) electrons. The number of rotatable bonds is 14. The van der Waals surface area contributed by atoms with Crippen LogP contribution in [0, 0.1) is 5.92 Å². The number of phenols is 1. The molecule has 0 bridgehead atoms. The number of nitrogens with one attached hydrogen (secondary N) is 3. The predicted molar refractivity (Wildman–Crippen MR) is 131 cm³/mol. The molecule has 0 spiro atoms. The number of aliphatic carboxylic acids is 1. The fourth-order valence-electron chi connectivity index (χ4n) is 3.10. The summed E-state index contributed by atoms with van der Waals surface area (Å²) in [6.07, 6.45) is 2.88. The van der Waals surface area contributed by atoms with Crippen LogP contribution in [-0.2, 0) is 25.6 Å². The Labute approximate surface area is 204 Å². The molecular weight excluding hydrogens is 460 g/mol. The molecule has 11 heteroatoms. The summed E-state index contributed by atoms with van der Waals surface area (Å²) in [4.78, 5) is 49.5. The molecule has 0 fully saturated rings. The number of nitrogens with two attached hydrogens (primary N) is 1. The average Bonchev–Trinajstić information content (AvgIpc) is 2.80. The van der Waals surface area contributed by atoms with Gasteiger partial charge in [0.05, 0.1) is 6.04 Å². The van der Waals surface area contributed by atoms with Gasteiger partial charge < -0.3 is 31.9 Å². The molecule has 1 rings (SSSR count). The zero-order valence-electron chi connectivity index (χ0n) is 20.0. The van der Waals surface area contributed by atoms with Gasteiger partial charge in [-0.2, -0.15) is 11.8 Å². The summed E-state index contributed by atoms with van der Waals surface area (Å²) >= 11 is 1.47. The van der Waals surface area contributed by atoms with Gasteiger partial charge in [-0.05, 0) is 55.4 Å². The van der Waals surface area contributed by atoms with E-state index in [-0.39, 0.29) is 24.5 Å². The molecule has 190 valence electrons. The summed E-state index contributed by atoms with van der Waals surface area (Å²) in [6, 6.07) is 2.38. The van der Waals surface area contributed by atoms with Gasteiger partial charge in [-0.15, -0.1) is 0 Å². The van der Waals surface area contributed by atoms with Crippen LogP contribution in [0.3, 0.4) is 0 Å². The molecule has 0 aliphatic heterocycles. The summed E-state index contributed by atoms with van der Waals surface area (Å²) in [5.41, 5.74) is 6.70. The second-order valence-corrected chi connectivity index (χ2v) is 9.25. The van der Waals surface area contributed by atoms with Crippen molar-refractivity contribution in [1.82, 2.24) is 16.0 Å². The molecule has 5 unspecified atom stereocenters. The lowest BCUT2D eigenvalue weighted by Crippen LogP contribution is -2.58. The second kappa shape index (κ2) is 14.5. The topological polar surface area (TPSA) is 171 Å². The van der Waals surface area contributed by atoms with Gasteiger partial charge in [-0.1, -0.05) is 32.4 Å². The third-order valence-electron chi connectivity index (χ3n) is 5.50. The Bertz CT molecular complexity index is 835. The molecule has 3 amide bonds. The van der Waals surface area contributed by atoms with Crippen molar-refractivity contribution in [3.05, 3.63) is 29.8 Å². The highest BCUT2D eigenvalue weighted by atomic mass is 32.2. The van der Waals surface area contributed by atoms with Gasteiger partial charge in [0.25, 0.3) is 0 Å². The normalized spacial score (nSPS) is 15.3. The maximum atomic E-state index is 12.8. The van der Waals surface area contributed by atoms with Gasteiger partial charge in [0.1, 0.15) is 23.9 Å². The van der Waals surface area contributed by atoms with E-state index in [0.717, 1.165) is 5.56 Å². The fraction of sp³-hybridized carbons (Fsp3) is 0.565. The molecule has 34 heavy (non-hydrogen) atoms. The van der Waals surface area contributed by atoms with Gasteiger partial charge in [0, 0.05) is 0 Å².